The molecule has 158 valence electrons. The molecule has 0 bridgehead atoms. The Morgan fingerprint density at radius 3 is 2.35 bits per heavy atom. The van der Waals surface area contributed by atoms with Crippen molar-refractivity contribution in [2.45, 2.75) is 32.5 Å². The second-order valence-electron chi connectivity index (χ2n) is 8.16. The van der Waals surface area contributed by atoms with E-state index in [0.717, 1.165) is 29.0 Å². The number of rotatable bonds is 6. The first-order valence-electron chi connectivity index (χ1n) is 10.0. The van der Waals surface area contributed by atoms with E-state index in [1.165, 1.54) is 0 Å². The summed E-state index contributed by atoms with van der Waals surface area (Å²) in [5.74, 6) is 0.789. The molecule has 0 aliphatic carbocycles. The molecular formula is C25H24N2O4. The van der Waals surface area contributed by atoms with Gasteiger partial charge in [0.15, 0.2) is 11.5 Å². The van der Waals surface area contributed by atoms with E-state index in [-0.39, 0.29) is 11.5 Å². The molecule has 3 N–H and O–H groups in total. The quantitative estimate of drug-likeness (QED) is 0.626. The first-order chi connectivity index (χ1) is 14.8. The normalized spacial score (nSPS) is 13.7. The van der Waals surface area contributed by atoms with Gasteiger partial charge in [-0.15, -0.1) is 0 Å². The van der Waals surface area contributed by atoms with Crippen LogP contribution in [-0.4, -0.2) is 17.4 Å². The molecule has 0 saturated carbocycles. The monoisotopic (exact) mass is 416 g/mol. The number of carbonyl (C=O) groups excluding carboxylic acids is 2. The second-order valence-corrected chi connectivity index (χ2v) is 8.16. The molecular weight excluding hydrogens is 392 g/mol. The number of anilines is 1. The van der Waals surface area contributed by atoms with Crippen molar-refractivity contribution in [3.63, 3.8) is 0 Å². The molecule has 2 amide bonds. The van der Waals surface area contributed by atoms with Gasteiger partial charge in [-0.2, -0.15) is 0 Å². The van der Waals surface area contributed by atoms with Crippen molar-refractivity contribution in [3.8, 4) is 11.5 Å². The fraction of sp³-hybridized carbons (Fsp3) is 0.200. The molecule has 4 rings (SSSR count). The minimum Gasteiger partial charge on any atom is -0.485 e. The highest BCUT2D eigenvalue weighted by molar-refractivity contribution is 6.04. The predicted molar refractivity (Wildman–Crippen MR) is 119 cm³/mol. The molecule has 6 heteroatoms. The molecule has 0 radical (unpaired) electrons. The van der Waals surface area contributed by atoms with Crippen LogP contribution in [0, 0.1) is 0 Å². The Balaban J connectivity index is 1.37. The maximum atomic E-state index is 12.5. The maximum absolute atomic E-state index is 12.5. The molecule has 0 spiro atoms. The van der Waals surface area contributed by atoms with E-state index < -0.39 is 5.91 Å². The molecule has 0 atom stereocenters. The van der Waals surface area contributed by atoms with Gasteiger partial charge in [0.05, 0.1) is 0 Å². The number of para-hydroxylation sites is 1. The summed E-state index contributed by atoms with van der Waals surface area (Å²) in [4.78, 5) is 23.6. The first kappa shape index (κ1) is 20.5. The number of ether oxygens (including phenoxy) is 2. The van der Waals surface area contributed by atoms with Gasteiger partial charge in [-0.3, -0.25) is 9.59 Å². The summed E-state index contributed by atoms with van der Waals surface area (Å²) in [6.45, 7) is 4.50. The third kappa shape index (κ3) is 4.69. The minimum absolute atomic E-state index is 0.225. The highest BCUT2D eigenvalue weighted by atomic mass is 16.5. The fourth-order valence-corrected chi connectivity index (χ4v) is 3.54. The molecule has 31 heavy (non-hydrogen) atoms. The number of carbonyl (C=O) groups is 2. The number of amides is 2. The van der Waals surface area contributed by atoms with Crippen LogP contribution < -0.4 is 20.5 Å². The number of nitrogens with one attached hydrogen (secondary N) is 1. The Morgan fingerprint density at radius 1 is 1.00 bits per heavy atom. The zero-order valence-electron chi connectivity index (χ0n) is 17.5. The van der Waals surface area contributed by atoms with Crippen LogP contribution in [0.15, 0.2) is 66.7 Å². The Bertz CT molecular complexity index is 1120. The van der Waals surface area contributed by atoms with Gasteiger partial charge >= 0.3 is 0 Å². The lowest BCUT2D eigenvalue weighted by molar-refractivity contribution is 0.0998. The SMILES string of the molecule is CC1(C)Cc2cccc(OCc3ccc(C(=O)Nc4ccc(C(N)=O)cc4)cc3)c2O1. The molecule has 0 aromatic heterocycles. The van der Waals surface area contributed by atoms with Crippen LogP contribution in [0.25, 0.3) is 0 Å². The predicted octanol–water partition coefficient (Wildman–Crippen LogP) is 4.33. The lowest BCUT2D eigenvalue weighted by Crippen LogP contribution is -2.24. The minimum atomic E-state index is -0.508. The summed E-state index contributed by atoms with van der Waals surface area (Å²) in [7, 11) is 0. The zero-order chi connectivity index (χ0) is 22.0. The number of benzene rings is 3. The van der Waals surface area contributed by atoms with E-state index in [2.05, 4.69) is 25.2 Å². The molecule has 1 heterocycles. The topological polar surface area (TPSA) is 90.6 Å². The van der Waals surface area contributed by atoms with Gasteiger partial charge in [0.25, 0.3) is 5.91 Å². The van der Waals surface area contributed by atoms with Crippen LogP contribution in [0.2, 0.25) is 0 Å². The number of fused-ring (bicyclic) bond motifs is 1. The molecule has 1 aliphatic heterocycles. The van der Waals surface area contributed by atoms with Gasteiger partial charge in [-0.1, -0.05) is 24.3 Å². The third-order valence-corrected chi connectivity index (χ3v) is 5.09. The molecule has 6 nitrogen and oxygen atoms in total. The van der Waals surface area contributed by atoms with Crippen LogP contribution in [0.5, 0.6) is 11.5 Å². The number of primary amides is 1. The van der Waals surface area contributed by atoms with Crippen LogP contribution in [0.1, 0.15) is 45.7 Å². The van der Waals surface area contributed by atoms with Crippen LogP contribution in [-0.2, 0) is 13.0 Å². The lowest BCUT2D eigenvalue weighted by atomic mass is 10.0. The van der Waals surface area contributed by atoms with Gasteiger partial charge in [0, 0.05) is 28.8 Å². The van der Waals surface area contributed by atoms with E-state index in [9.17, 15) is 9.59 Å². The number of hydrogen-bond acceptors (Lipinski definition) is 4. The van der Waals surface area contributed by atoms with Crippen molar-refractivity contribution >= 4 is 17.5 Å². The first-order valence-corrected chi connectivity index (χ1v) is 10.0. The van der Waals surface area contributed by atoms with Crippen LogP contribution in [0.3, 0.4) is 0 Å². The van der Waals surface area contributed by atoms with Gasteiger partial charge in [-0.05, 0) is 61.9 Å². The highest BCUT2D eigenvalue weighted by Gasteiger charge is 2.32. The number of nitrogens with two attached hydrogens (primary N) is 1. The van der Waals surface area contributed by atoms with E-state index in [1.54, 1.807) is 36.4 Å². The van der Waals surface area contributed by atoms with Crippen molar-refractivity contribution < 1.29 is 19.1 Å². The Hall–Kier alpha value is -3.80. The van der Waals surface area contributed by atoms with Gasteiger partial charge in [0.2, 0.25) is 5.91 Å². The zero-order valence-corrected chi connectivity index (χ0v) is 17.5. The molecule has 3 aromatic carbocycles. The van der Waals surface area contributed by atoms with Crippen molar-refractivity contribution in [1.29, 1.82) is 0 Å². The summed E-state index contributed by atoms with van der Waals surface area (Å²) in [5, 5.41) is 2.80. The smallest absolute Gasteiger partial charge is 0.255 e. The van der Waals surface area contributed by atoms with E-state index >= 15 is 0 Å². The maximum Gasteiger partial charge on any atom is 0.255 e. The van der Waals surface area contributed by atoms with E-state index in [4.69, 9.17) is 15.2 Å². The lowest BCUT2D eigenvalue weighted by Gasteiger charge is -2.18. The van der Waals surface area contributed by atoms with Crippen molar-refractivity contribution in [3.05, 3.63) is 89.0 Å². The largest absolute Gasteiger partial charge is 0.485 e. The third-order valence-electron chi connectivity index (χ3n) is 5.09. The molecule has 1 aliphatic rings. The Labute approximate surface area is 181 Å². The molecule has 0 unspecified atom stereocenters. The molecule has 0 saturated heterocycles. The van der Waals surface area contributed by atoms with Crippen LogP contribution >= 0.6 is 0 Å². The molecule has 3 aromatic rings. The summed E-state index contributed by atoms with van der Waals surface area (Å²) in [5.41, 5.74) is 8.59. The number of hydrogen-bond donors (Lipinski definition) is 2. The van der Waals surface area contributed by atoms with Crippen molar-refractivity contribution in [2.75, 3.05) is 5.32 Å². The highest BCUT2D eigenvalue weighted by Crippen LogP contribution is 2.41. The summed E-state index contributed by atoms with van der Waals surface area (Å²) in [6, 6.07) is 19.6. The Morgan fingerprint density at radius 2 is 1.68 bits per heavy atom. The average Bonchev–Trinajstić information content (AvgIpc) is 3.07. The summed E-state index contributed by atoms with van der Waals surface area (Å²) >= 11 is 0. The average molecular weight is 416 g/mol. The second kappa shape index (κ2) is 8.14. The standard InChI is InChI=1S/C25H24N2O4/c1-25(2)14-19-4-3-5-21(22(19)31-25)30-15-16-6-8-18(9-7-16)24(29)27-20-12-10-17(11-13-20)23(26)28/h3-13H,14-15H2,1-2H3,(H2,26,28)(H,27,29). The van der Waals surface area contributed by atoms with Crippen molar-refractivity contribution in [1.82, 2.24) is 0 Å². The Kier molecular flexibility index (Phi) is 5.38. The van der Waals surface area contributed by atoms with Gasteiger partial charge < -0.3 is 20.5 Å². The summed E-state index contributed by atoms with van der Waals surface area (Å²) < 4.78 is 12.0. The fourth-order valence-electron chi connectivity index (χ4n) is 3.54. The summed E-state index contributed by atoms with van der Waals surface area (Å²) in [6.07, 6.45) is 0.856. The van der Waals surface area contributed by atoms with E-state index in [1.807, 2.05) is 24.3 Å². The van der Waals surface area contributed by atoms with Crippen LogP contribution in [0.4, 0.5) is 5.69 Å². The van der Waals surface area contributed by atoms with Crippen molar-refractivity contribution in [2.24, 2.45) is 5.73 Å². The van der Waals surface area contributed by atoms with E-state index in [0.29, 0.717) is 23.4 Å². The van der Waals surface area contributed by atoms with Gasteiger partial charge in [-0.25, -0.2) is 0 Å². The van der Waals surface area contributed by atoms with Gasteiger partial charge in [0.1, 0.15) is 12.2 Å². The molecule has 0 fully saturated rings.